The number of carbonyl (C=O) groups is 2. The lowest BCUT2D eigenvalue weighted by molar-refractivity contribution is -0.121. The van der Waals surface area contributed by atoms with Gasteiger partial charge in [0.15, 0.2) is 6.61 Å². The van der Waals surface area contributed by atoms with Crippen molar-refractivity contribution in [1.29, 1.82) is 0 Å². The first kappa shape index (κ1) is 24.3. The highest BCUT2D eigenvalue weighted by molar-refractivity contribution is 8.26. The van der Waals surface area contributed by atoms with Crippen LogP contribution in [-0.2, 0) is 21.5 Å². The van der Waals surface area contributed by atoms with E-state index in [1.54, 1.807) is 11.0 Å². The van der Waals surface area contributed by atoms with Crippen molar-refractivity contribution < 1.29 is 14.3 Å². The molecule has 7 heteroatoms. The summed E-state index contributed by atoms with van der Waals surface area (Å²) in [5, 5.41) is 2.63. The molecule has 0 aromatic heterocycles. The molecule has 182 valence electrons. The summed E-state index contributed by atoms with van der Waals surface area (Å²) in [5.74, 6) is 0.328. The third kappa shape index (κ3) is 5.08. The van der Waals surface area contributed by atoms with Crippen LogP contribution < -0.4 is 15.0 Å². The van der Waals surface area contributed by atoms with Gasteiger partial charge in [0, 0.05) is 0 Å². The zero-order valence-electron chi connectivity index (χ0n) is 20.3. The number of thiocarbonyl (C=S) groups is 1. The topological polar surface area (TPSA) is 58.6 Å². The molecule has 1 N–H and O–H groups in total. The van der Waals surface area contributed by atoms with Gasteiger partial charge in [0.25, 0.3) is 11.8 Å². The second-order valence-electron chi connectivity index (χ2n) is 9.88. The maximum atomic E-state index is 13.0. The lowest BCUT2D eigenvalue weighted by atomic mass is 9.84. The van der Waals surface area contributed by atoms with E-state index >= 15 is 0 Å². The maximum Gasteiger partial charge on any atom is 0.265 e. The van der Waals surface area contributed by atoms with E-state index < -0.39 is 0 Å². The number of nitrogens with zero attached hydrogens (tertiary/aromatic N) is 1. The van der Waals surface area contributed by atoms with Crippen LogP contribution >= 0.6 is 24.0 Å². The van der Waals surface area contributed by atoms with Gasteiger partial charge in [-0.1, -0.05) is 93.3 Å². The molecule has 0 radical (unpaired) electrons. The number of fused-ring (bicyclic) bond motifs is 1. The Balaban J connectivity index is 1.53. The van der Waals surface area contributed by atoms with E-state index in [-0.39, 0.29) is 23.8 Å². The zero-order valence-corrected chi connectivity index (χ0v) is 22.0. The average molecular weight is 515 g/mol. The molecule has 2 amide bonds. The molecule has 0 saturated carbocycles. The molecule has 1 saturated heterocycles. The van der Waals surface area contributed by atoms with Crippen LogP contribution in [-0.4, -0.2) is 22.7 Å². The normalized spacial score (nSPS) is 16.7. The van der Waals surface area contributed by atoms with Gasteiger partial charge in [-0.15, -0.1) is 0 Å². The van der Waals surface area contributed by atoms with E-state index in [2.05, 4.69) is 56.4 Å². The van der Waals surface area contributed by atoms with Crippen LogP contribution in [0.3, 0.4) is 0 Å². The van der Waals surface area contributed by atoms with Crippen LogP contribution in [0.1, 0.15) is 37.5 Å². The summed E-state index contributed by atoms with van der Waals surface area (Å²) in [6.07, 6.45) is 1.78. The van der Waals surface area contributed by atoms with Crippen molar-refractivity contribution >= 4 is 51.9 Å². The molecule has 2 heterocycles. The molecule has 2 aliphatic heterocycles. The van der Waals surface area contributed by atoms with Crippen molar-refractivity contribution in [3.8, 4) is 16.9 Å². The second-order valence-corrected chi connectivity index (χ2v) is 11.6. The Morgan fingerprint density at radius 2 is 1.81 bits per heavy atom. The quantitative estimate of drug-likeness (QED) is 0.339. The van der Waals surface area contributed by atoms with Crippen LogP contribution in [0.5, 0.6) is 5.75 Å². The monoisotopic (exact) mass is 514 g/mol. The molecule has 0 bridgehead atoms. The molecule has 5 rings (SSSR count). The number of hydrogen-bond donors (Lipinski definition) is 1. The average Bonchev–Trinajstić information content (AvgIpc) is 3.17. The van der Waals surface area contributed by atoms with Crippen LogP contribution in [0, 0.1) is 0 Å². The van der Waals surface area contributed by atoms with Crippen LogP contribution in [0.4, 0.5) is 5.69 Å². The fraction of sp³-hybridized carbons (Fsp3) is 0.207. The Morgan fingerprint density at radius 1 is 1.03 bits per heavy atom. The largest absolute Gasteiger partial charge is 0.482 e. The number of thioether (sulfide) groups is 1. The highest BCUT2D eigenvalue weighted by Gasteiger charge is 2.28. The van der Waals surface area contributed by atoms with Gasteiger partial charge in [-0.25, -0.2) is 0 Å². The molecule has 0 unspecified atom stereocenters. The first-order valence-corrected chi connectivity index (χ1v) is 12.9. The fourth-order valence-corrected chi connectivity index (χ4v) is 5.30. The Kier molecular flexibility index (Phi) is 6.45. The standard InChI is InChI=1S/C29H26N2O3S2/c1-29(2,3)22-12-19(11-21(15-22)20-7-5-4-6-8-20)16-31-23-13-18(9-10-24(23)34-17-26(31)32)14-25-27(33)30-28(35)36-25/h4-15H,16-17H2,1-3H3,(H,30,33,35)/b25-14+. The lowest BCUT2D eigenvalue weighted by Gasteiger charge is -2.30. The molecule has 5 nitrogen and oxygen atoms in total. The number of hydrogen-bond acceptors (Lipinski definition) is 5. The van der Waals surface area contributed by atoms with E-state index in [4.69, 9.17) is 17.0 Å². The minimum absolute atomic E-state index is 0.00946. The summed E-state index contributed by atoms with van der Waals surface area (Å²) < 4.78 is 6.16. The third-order valence-corrected chi connectivity index (χ3v) is 7.34. The Bertz CT molecular complexity index is 1410. The molecule has 3 aromatic carbocycles. The number of rotatable bonds is 4. The Hall–Kier alpha value is -3.42. The minimum Gasteiger partial charge on any atom is -0.482 e. The number of anilines is 1. The van der Waals surface area contributed by atoms with Crippen molar-refractivity contribution in [3.63, 3.8) is 0 Å². The van der Waals surface area contributed by atoms with Gasteiger partial charge in [-0.3, -0.25) is 9.59 Å². The van der Waals surface area contributed by atoms with E-state index in [1.165, 1.54) is 17.3 Å². The van der Waals surface area contributed by atoms with Gasteiger partial charge in [0.1, 0.15) is 10.1 Å². The van der Waals surface area contributed by atoms with Crippen molar-refractivity contribution in [3.05, 3.63) is 88.3 Å². The molecular formula is C29H26N2O3S2. The van der Waals surface area contributed by atoms with E-state index in [1.807, 2.05) is 36.4 Å². The predicted molar refractivity (Wildman–Crippen MR) is 150 cm³/mol. The molecule has 1 fully saturated rings. The summed E-state index contributed by atoms with van der Waals surface area (Å²) in [7, 11) is 0. The number of carbonyl (C=O) groups excluding carboxylic acids is 2. The fourth-order valence-electron chi connectivity index (χ4n) is 4.25. The first-order chi connectivity index (χ1) is 17.2. The molecule has 0 spiro atoms. The smallest absolute Gasteiger partial charge is 0.265 e. The summed E-state index contributed by atoms with van der Waals surface area (Å²) in [6.45, 7) is 6.99. The van der Waals surface area contributed by atoms with E-state index in [0.717, 1.165) is 22.3 Å². The zero-order chi connectivity index (χ0) is 25.4. The molecule has 2 aliphatic rings. The van der Waals surface area contributed by atoms with Crippen molar-refractivity contribution in [1.82, 2.24) is 5.32 Å². The van der Waals surface area contributed by atoms with Crippen LogP contribution in [0.15, 0.2) is 71.6 Å². The van der Waals surface area contributed by atoms with Gasteiger partial charge in [-0.05, 0) is 57.5 Å². The molecule has 3 aromatic rings. The van der Waals surface area contributed by atoms with Gasteiger partial charge in [0.2, 0.25) is 0 Å². The molecule has 0 aliphatic carbocycles. The number of ether oxygens (including phenoxy) is 1. The highest BCUT2D eigenvalue weighted by atomic mass is 32.2. The predicted octanol–water partition coefficient (Wildman–Crippen LogP) is 6.07. The number of nitrogens with one attached hydrogen (secondary N) is 1. The van der Waals surface area contributed by atoms with Gasteiger partial charge < -0.3 is 15.0 Å². The highest BCUT2D eigenvalue weighted by Crippen LogP contribution is 2.37. The third-order valence-electron chi connectivity index (χ3n) is 6.17. The van der Waals surface area contributed by atoms with Gasteiger partial charge in [0.05, 0.1) is 17.1 Å². The number of amides is 2. The van der Waals surface area contributed by atoms with Crippen LogP contribution in [0.25, 0.3) is 17.2 Å². The van der Waals surface area contributed by atoms with Crippen molar-refractivity contribution in [2.75, 3.05) is 11.5 Å². The summed E-state index contributed by atoms with van der Waals surface area (Å²) >= 11 is 6.33. The summed E-state index contributed by atoms with van der Waals surface area (Å²) in [5.41, 5.74) is 5.95. The number of benzene rings is 3. The minimum atomic E-state index is -0.209. The molecular weight excluding hydrogens is 488 g/mol. The lowest BCUT2D eigenvalue weighted by Crippen LogP contribution is -2.38. The summed E-state index contributed by atoms with van der Waals surface area (Å²) in [4.78, 5) is 27.5. The van der Waals surface area contributed by atoms with E-state index in [9.17, 15) is 9.59 Å². The molecule has 0 atom stereocenters. The first-order valence-electron chi connectivity index (χ1n) is 11.7. The Labute approximate surface area is 220 Å². The van der Waals surface area contributed by atoms with E-state index in [0.29, 0.717) is 27.2 Å². The summed E-state index contributed by atoms with van der Waals surface area (Å²) in [6, 6.07) is 22.5. The van der Waals surface area contributed by atoms with Gasteiger partial charge in [-0.2, -0.15) is 0 Å². The Morgan fingerprint density at radius 3 is 2.50 bits per heavy atom. The van der Waals surface area contributed by atoms with Crippen molar-refractivity contribution in [2.45, 2.75) is 32.7 Å². The SMILES string of the molecule is CC(C)(C)c1cc(CN2C(=O)COc3ccc(/C=C4/SC(=S)NC4=O)cc32)cc(-c2ccccc2)c1. The van der Waals surface area contributed by atoms with Crippen LogP contribution in [0.2, 0.25) is 0 Å². The second kappa shape index (κ2) is 9.56. The van der Waals surface area contributed by atoms with Crippen molar-refractivity contribution in [2.24, 2.45) is 0 Å². The molecule has 36 heavy (non-hydrogen) atoms. The van der Waals surface area contributed by atoms with Gasteiger partial charge >= 0.3 is 0 Å². The maximum absolute atomic E-state index is 13.0.